The quantitative estimate of drug-likeness (QED) is 0.147. The summed E-state index contributed by atoms with van der Waals surface area (Å²) in [6.07, 6.45) is 4.21. The lowest BCUT2D eigenvalue weighted by Crippen LogP contribution is -2.50. The van der Waals surface area contributed by atoms with Gasteiger partial charge in [-0.25, -0.2) is 19.2 Å². The van der Waals surface area contributed by atoms with Crippen LogP contribution in [0.25, 0.3) is 0 Å². The summed E-state index contributed by atoms with van der Waals surface area (Å²) in [7, 11) is -2.70. The van der Waals surface area contributed by atoms with Crippen LogP contribution in [0.2, 0.25) is 0 Å². The van der Waals surface area contributed by atoms with E-state index in [4.69, 9.17) is 9.83 Å². The van der Waals surface area contributed by atoms with Crippen molar-refractivity contribution in [3.05, 3.63) is 142 Å². The minimum Gasteiger partial charge on any atom is -0.244 e. The van der Waals surface area contributed by atoms with E-state index in [1.54, 1.807) is 0 Å². The zero-order valence-corrected chi connectivity index (χ0v) is 35.7. The van der Waals surface area contributed by atoms with E-state index >= 15 is 0 Å². The Morgan fingerprint density at radius 3 is 1.19 bits per heavy atom. The van der Waals surface area contributed by atoms with E-state index in [0.29, 0.717) is 23.9 Å². The Morgan fingerprint density at radius 1 is 0.528 bits per heavy atom. The van der Waals surface area contributed by atoms with Gasteiger partial charge >= 0.3 is 0 Å². The minimum atomic E-state index is -2.70. The molecule has 0 saturated carbocycles. The molecule has 4 aromatic rings. The molecule has 1 spiro atoms. The van der Waals surface area contributed by atoms with Gasteiger partial charge in [-0.2, -0.15) is 0 Å². The largest absolute Gasteiger partial charge is 0.244 e. The number of nitrogens with zero attached hydrogens (tertiary/aromatic N) is 3. The van der Waals surface area contributed by atoms with Gasteiger partial charge in [0.05, 0.1) is 11.6 Å². The van der Waals surface area contributed by atoms with Gasteiger partial charge in [0.1, 0.15) is 5.54 Å². The monoisotopic (exact) mass is 731 g/mol. The van der Waals surface area contributed by atoms with E-state index in [0.717, 1.165) is 25.7 Å². The summed E-state index contributed by atoms with van der Waals surface area (Å²) >= 11 is 0. The van der Waals surface area contributed by atoms with Crippen LogP contribution in [0.15, 0.2) is 102 Å². The molecular weight excluding hydrogens is 664 g/mol. The molecule has 2 aliphatic rings. The second kappa shape index (κ2) is 15.6. The summed E-state index contributed by atoms with van der Waals surface area (Å²) < 4.78 is 12.6. The molecule has 4 aromatic carbocycles. The standard InChI is InChI=1S/C48H67N4P/c1-13-39(11)51-45(31-33(3)4)47(41-23-15-35(7)16-24-41,42-25-17-36(8)18-26-42)49-53(51)50-48(43-27-19-37(9)20-28-43,44-29-21-38(10)22-30-44)46(32-34(5)6)52(53)40(12)14-2/h15-30,33-34,39-40,45-46,49H,13-14,31-32H2,1-12H3/t39-,40-,45-,46-,53?/m0/s1. The number of hydrogen-bond acceptors (Lipinski definition) is 4. The summed E-state index contributed by atoms with van der Waals surface area (Å²) in [6, 6.07) is 38.7. The van der Waals surface area contributed by atoms with Crippen LogP contribution in [-0.2, 0) is 11.1 Å². The van der Waals surface area contributed by atoms with E-state index in [1.807, 2.05) is 0 Å². The SMILES string of the molecule is CC[C@H](C)N1[C@@H](CC(C)C)C(c2ccc(C)cc2)(c2ccc(C)cc2)N=P12NC(c1ccc(C)cc1)(c1ccc(C)cc1)[C@H](CC(C)C)N2[C@@H](C)CC. The normalized spacial score (nSPS) is 23.9. The van der Waals surface area contributed by atoms with Crippen molar-refractivity contribution >= 4 is 7.51 Å². The second-order valence-electron chi connectivity index (χ2n) is 17.4. The van der Waals surface area contributed by atoms with Gasteiger partial charge in [0, 0.05) is 18.1 Å². The van der Waals surface area contributed by atoms with Crippen molar-refractivity contribution in [3.8, 4) is 0 Å². The molecular formula is C48H67N4P. The molecule has 4 nitrogen and oxygen atoms in total. The van der Waals surface area contributed by atoms with Gasteiger partial charge in [0.2, 0.25) is 0 Å². The van der Waals surface area contributed by atoms with Crippen LogP contribution >= 0.6 is 7.51 Å². The van der Waals surface area contributed by atoms with E-state index in [9.17, 15) is 0 Å². The zero-order valence-electron chi connectivity index (χ0n) is 34.8. The molecule has 2 heterocycles. The van der Waals surface area contributed by atoms with Crippen LogP contribution < -0.4 is 5.09 Å². The molecule has 5 heteroatoms. The first kappa shape index (κ1) is 39.7. The Morgan fingerprint density at radius 2 is 0.849 bits per heavy atom. The third kappa shape index (κ3) is 6.92. The Labute approximate surface area is 323 Å². The highest BCUT2D eigenvalue weighted by molar-refractivity contribution is 7.60. The van der Waals surface area contributed by atoms with Crippen molar-refractivity contribution in [2.24, 2.45) is 16.6 Å². The van der Waals surface area contributed by atoms with Crippen LogP contribution in [0.4, 0.5) is 0 Å². The van der Waals surface area contributed by atoms with Gasteiger partial charge in [0.15, 0.2) is 7.51 Å². The van der Waals surface area contributed by atoms with Crippen LogP contribution in [0.5, 0.6) is 0 Å². The average molecular weight is 731 g/mol. The molecule has 53 heavy (non-hydrogen) atoms. The Bertz CT molecular complexity index is 1780. The van der Waals surface area contributed by atoms with E-state index in [1.165, 1.54) is 44.5 Å². The first-order valence-electron chi connectivity index (χ1n) is 20.5. The fraction of sp³-hybridized carbons (Fsp3) is 0.500. The van der Waals surface area contributed by atoms with Crippen LogP contribution in [0, 0.1) is 39.5 Å². The molecule has 2 aliphatic heterocycles. The Hall–Kier alpha value is -3.01. The summed E-state index contributed by atoms with van der Waals surface area (Å²) in [5.41, 5.74) is 9.38. The van der Waals surface area contributed by atoms with Gasteiger partial charge in [-0.1, -0.05) is 161 Å². The first-order chi connectivity index (χ1) is 25.2. The molecule has 1 saturated heterocycles. The summed E-state index contributed by atoms with van der Waals surface area (Å²) in [4.78, 5) is 0. The van der Waals surface area contributed by atoms with Gasteiger partial charge in [0.25, 0.3) is 0 Å². The highest BCUT2D eigenvalue weighted by Crippen LogP contribution is 2.75. The van der Waals surface area contributed by atoms with Crippen molar-refractivity contribution in [1.82, 2.24) is 14.4 Å². The van der Waals surface area contributed by atoms with Crippen molar-refractivity contribution in [1.29, 1.82) is 0 Å². The summed E-state index contributed by atoms with van der Waals surface area (Å²) in [5.74, 6) is 0.979. The second-order valence-corrected chi connectivity index (χ2v) is 19.9. The third-order valence-electron chi connectivity index (χ3n) is 12.4. The average Bonchev–Trinajstić information content (AvgIpc) is 3.56. The molecule has 284 valence electrons. The lowest BCUT2D eigenvalue weighted by atomic mass is 9.74. The minimum absolute atomic E-state index is 0.154. The van der Waals surface area contributed by atoms with Gasteiger partial charge in [-0.3, -0.25) is 0 Å². The molecule has 0 bridgehead atoms. The number of rotatable bonds is 12. The highest BCUT2D eigenvalue weighted by Gasteiger charge is 2.67. The number of benzene rings is 4. The van der Waals surface area contributed by atoms with Gasteiger partial charge < -0.3 is 0 Å². The lowest BCUT2D eigenvalue weighted by molar-refractivity contribution is 0.167. The summed E-state index contributed by atoms with van der Waals surface area (Å²) in [5, 5.41) is 4.75. The first-order valence-corrected chi connectivity index (χ1v) is 22.2. The van der Waals surface area contributed by atoms with Crippen molar-refractivity contribution in [3.63, 3.8) is 0 Å². The van der Waals surface area contributed by atoms with Crippen molar-refractivity contribution < 1.29 is 0 Å². The maximum Gasteiger partial charge on any atom is 0.168 e. The molecule has 1 unspecified atom stereocenters. The molecule has 1 fully saturated rings. The summed E-state index contributed by atoms with van der Waals surface area (Å²) in [6.45, 7) is 28.2. The van der Waals surface area contributed by atoms with Crippen molar-refractivity contribution in [2.45, 2.75) is 144 Å². The third-order valence-corrected chi connectivity index (χ3v) is 16.2. The predicted octanol–water partition coefficient (Wildman–Crippen LogP) is 12.7. The smallest absolute Gasteiger partial charge is 0.168 e. The molecule has 0 radical (unpaired) electrons. The fourth-order valence-electron chi connectivity index (χ4n) is 9.33. The van der Waals surface area contributed by atoms with Crippen LogP contribution in [-0.4, -0.2) is 33.5 Å². The van der Waals surface area contributed by atoms with E-state index < -0.39 is 18.6 Å². The molecule has 6 rings (SSSR count). The predicted molar refractivity (Wildman–Crippen MR) is 228 cm³/mol. The topological polar surface area (TPSA) is 30.9 Å². The molecule has 1 N–H and O–H groups in total. The number of hydrogen-bond donors (Lipinski definition) is 1. The van der Waals surface area contributed by atoms with Gasteiger partial charge in [-0.05, 0) is 101 Å². The lowest BCUT2D eigenvalue weighted by Gasteiger charge is -2.46. The number of aryl methyl sites for hydroxylation is 4. The Kier molecular flexibility index (Phi) is 11.7. The highest BCUT2D eigenvalue weighted by atomic mass is 31.2. The molecule has 0 aromatic heterocycles. The van der Waals surface area contributed by atoms with E-state index in [2.05, 4.69) is 189 Å². The van der Waals surface area contributed by atoms with Gasteiger partial charge in [-0.15, -0.1) is 0 Å². The molecule has 0 amide bonds. The maximum atomic E-state index is 6.68. The molecule has 5 atom stereocenters. The van der Waals surface area contributed by atoms with E-state index in [-0.39, 0.29) is 12.1 Å². The number of nitrogens with one attached hydrogen (secondary N) is 1. The van der Waals surface area contributed by atoms with Crippen LogP contribution in [0.1, 0.15) is 126 Å². The van der Waals surface area contributed by atoms with Crippen LogP contribution in [0.3, 0.4) is 0 Å². The Balaban J connectivity index is 1.83. The molecule has 0 aliphatic carbocycles. The zero-order chi connectivity index (χ0) is 38.3. The maximum absolute atomic E-state index is 6.68. The van der Waals surface area contributed by atoms with Crippen molar-refractivity contribution in [2.75, 3.05) is 0 Å². The fourth-order valence-corrected chi connectivity index (χ4v) is 14.5.